The van der Waals surface area contributed by atoms with Crippen LogP contribution in [-0.2, 0) is 13.5 Å². The predicted octanol–water partition coefficient (Wildman–Crippen LogP) is 3.22. The Morgan fingerprint density at radius 2 is 2.12 bits per heavy atom. The molecule has 0 unspecified atom stereocenters. The van der Waals surface area contributed by atoms with E-state index in [9.17, 15) is 0 Å². The zero-order valence-electron chi connectivity index (χ0n) is 9.74. The van der Waals surface area contributed by atoms with Crippen molar-refractivity contribution in [3.05, 3.63) is 40.1 Å². The Kier molecular flexibility index (Phi) is 3.30. The smallest absolute Gasteiger partial charge is 0.141 e. The van der Waals surface area contributed by atoms with Gasteiger partial charge in [-0.3, -0.25) is 0 Å². The molecule has 1 aromatic heterocycles. The number of halogens is 1. The highest BCUT2D eigenvalue weighted by Gasteiger charge is 2.14. The maximum atomic E-state index is 8.79. The number of aryl methyl sites for hydroxylation is 1. The molecule has 2 aromatic rings. The first-order valence-corrected chi connectivity index (χ1v) is 6.08. The molecule has 0 N–H and O–H groups in total. The summed E-state index contributed by atoms with van der Waals surface area (Å²) in [5, 5.41) is 8.79. The number of aromatic nitrogens is 2. The third-order valence-electron chi connectivity index (χ3n) is 2.80. The van der Waals surface area contributed by atoms with E-state index in [1.165, 1.54) is 5.56 Å². The lowest BCUT2D eigenvalue weighted by molar-refractivity contribution is 0.860. The van der Waals surface area contributed by atoms with Crippen LogP contribution in [0.25, 0.3) is 11.4 Å². The van der Waals surface area contributed by atoms with Crippen LogP contribution < -0.4 is 0 Å². The number of rotatable bonds is 2. The zero-order chi connectivity index (χ0) is 12.4. The first-order chi connectivity index (χ1) is 8.15. The average molecular weight is 290 g/mol. The molecule has 0 saturated carbocycles. The highest BCUT2D eigenvalue weighted by atomic mass is 79.9. The van der Waals surface area contributed by atoms with Gasteiger partial charge in [0.15, 0.2) is 0 Å². The van der Waals surface area contributed by atoms with Crippen molar-refractivity contribution in [2.24, 2.45) is 7.05 Å². The Hall–Kier alpha value is -1.60. The summed E-state index contributed by atoms with van der Waals surface area (Å²) in [5.41, 5.74) is 3.18. The number of nitrogens with zero attached hydrogens (tertiary/aromatic N) is 3. The van der Waals surface area contributed by atoms with E-state index in [0.717, 1.165) is 21.7 Å². The monoisotopic (exact) mass is 289 g/mol. The van der Waals surface area contributed by atoms with E-state index in [4.69, 9.17) is 5.26 Å². The van der Waals surface area contributed by atoms with Crippen molar-refractivity contribution >= 4 is 15.9 Å². The first-order valence-electron chi connectivity index (χ1n) is 5.29. The normalized spacial score (nSPS) is 10.2. The van der Waals surface area contributed by atoms with Crippen LogP contribution in [0, 0.1) is 18.3 Å². The van der Waals surface area contributed by atoms with Gasteiger partial charge in [0.1, 0.15) is 10.4 Å². The summed E-state index contributed by atoms with van der Waals surface area (Å²) in [4.78, 5) is 4.49. The summed E-state index contributed by atoms with van der Waals surface area (Å²) in [6.07, 6.45) is 0.357. The summed E-state index contributed by atoms with van der Waals surface area (Å²) in [5.74, 6) is 0.889. The highest BCUT2D eigenvalue weighted by molar-refractivity contribution is 9.10. The van der Waals surface area contributed by atoms with Crippen molar-refractivity contribution in [1.29, 1.82) is 5.26 Å². The van der Waals surface area contributed by atoms with Crippen molar-refractivity contribution in [3.8, 4) is 17.5 Å². The summed E-state index contributed by atoms with van der Waals surface area (Å²) < 4.78 is 2.72. The van der Waals surface area contributed by atoms with Crippen LogP contribution in [-0.4, -0.2) is 9.55 Å². The average Bonchev–Trinajstić information content (AvgIpc) is 2.58. The van der Waals surface area contributed by atoms with Gasteiger partial charge in [0.05, 0.1) is 18.2 Å². The van der Waals surface area contributed by atoms with E-state index in [-0.39, 0.29) is 0 Å². The molecule has 0 bridgehead atoms. The fraction of sp³-hybridized carbons (Fsp3) is 0.231. The van der Waals surface area contributed by atoms with Crippen LogP contribution in [0.3, 0.4) is 0 Å². The molecule has 0 radical (unpaired) electrons. The second kappa shape index (κ2) is 4.72. The number of imidazole rings is 1. The minimum Gasteiger partial charge on any atom is -0.329 e. The number of hydrogen-bond acceptors (Lipinski definition) is 2. The fourth-order valence-electron chi connectivity index (χ4n) is 1.83. The van der Waals surface area contributed by atoms with E-state index in [2.05, 4.69) is 40.0 Å². The Bertz CT molecular complexity index is 593. The molecule has 4 heteroatoms. The van der Waals surface area contributed by atoms with Crippen molar-refractivity contribution in [2.75, 3.05) is 0 Å². The van der Waals surface area contributed by atoms with Gasteiger partial charge in [-0.05, 0) is 28.4 Å². The third kappa shape index (κ3) is 2.11. The lowest BCUT2D eigenvalue weighted by atomic mass is 10.1. The molecule has 0 aliphatic carbocycles. The van der Waals surface area contributed by atoms with Gasteiger partial charge in [0.25, 0.3) is 0 Å². The molecule has 0 fully saturated rings. The largest absolute Gasteiger partial charge is 0.329 e. The van der Waals surface area contributed by atoms with Crippen LogP contribution in [0.15, 0.2) is 28.9 Å². The van der Waals surface area contributed by atoms with Gasteiger partial charge in [0.2, 0.25) is 0 Å². The first kappa shape index (κ1) is 11.9. The molecule has 0 aliphatic rings. The molecule has 0 atom stereocenters. The maximum absolute atomic E-state index is 8.79. The van der Waals surface area contributed by atoms with Gasteiger partial charge in [-0.25, -0.2) is 4.98 Å². The molecule has 0 aliphatic heterocycles. The second-order valence-corrected chi connectivity index (χ2v) is 4.63. The molecule has 0 amide bonds. The summed E-state index contributed by atoms with van der Waals surface area (Å²) in [6.45, 7) is 2.06. The SMILES string of the molecule is Cc1ccccc1-c1nc(Br)c(CC#N)n1C. The Labute approximate surface area is 109 Å². The maximum Gasteiger partial charge on any atom is 0.141 e. The van der Waals surface area contributed by atoms with E-state index in [0.29, 0.717) is 6.42 Å². The van der Waals surface area contributed by atoms with Gasteiger partial charge in [-0.1, -0.05) is 24.3 Å². The third-order valence-corrected chi connectivity index (χ3v) is 3.43. The Morgan fingerprint density at radius 1 is 1.41 bits per heavy atom. The number of hydrogen-bond donors (Lipinski definition) is 0. The standard InChI is InChI=1S/C13H12BrN3/c1-9-5-3-4-6-10(9)13-16-12(14)11(7-8-15)17(13)2/h3-6H,7H2,1-2H3. The van der Waals surface area contributed by atoms with E-state index in [1.807, 2.05) is 29.8 Å². The molecule has 1 heterocycles. The van der Waals surface area contributed by atoms with E-state index in [1.54, 1.807) is 0 Å². The van der Waals surface area contributed by atoms with Gasteiger partial charge < -0.3 is 4.57 Å². The number of nitriles is 1. The van der Waals surface area contributed by atoms with Crippen molar-refractivity contribution in [2.45, 2.75) is 13.3 Å². The Morgan fingerprint density at radius 3 is 2.76 bits per heavy atom. The Balaban J connectivity index is 2.59. The summed E-state index contributed by atoms with van der Waals surface area (Å²) in [7, 11) is 1.94. The summed E-state index contributed by atoms with van der Waals surface area (Å²) >= 11 is 3.41. The fourth-order valence-corrected chi connectivity index (χ4v) is 2.40. The minimum absolute atomic E-state index is 0.357. The van der Waals surface area contributed by atoms with E-state index >= 15 is 0 Å². The molecule has 3 nitrogen and oxygen atoms in total. The molecule has 1 aromatic carbocycles. The molecule has 86 valence electrons. The number of benzene rings is 1. The molecular weight excluding hydrogens is 278 g/mol. The van der Waals surface area contributed by atoms with Gasteiger partial charge in [-0.15, -0.1) is 0 Å². The molecule has 0 spiro atoms. The van der Waals surface area contributed by atoms with Crippen LogP contribution in [0.5, 0.6) is 0 Å². The van der Waals surface area contributed by atoms with Crippen LogP contribution >= 0.6 is 15.9 Å². The molecular formula is C13H12BrN3. The van der Waals surface area contributed by atoms with Crippen LogP contribution in [0.1, 0.15) is 11.3 Å². The minimum atomic E-state index is 0.357. The molecule has 0 saturated heterocycles. The van der Waals surface area contributed by atoms with Gasteiger partial charge >= 0.3 is 0 Å². The lowest BCUT2D eigenvalue weighted by Crippen LogP contribution is -1.99. The van der Waals surface area contributed by atoms with Crippen molar-refractivity contribution in [3.63, 3.8) is 0 Å². The highest BCUT2D eigenvalue weighted by Crippen LogP contribution is 2.27. The van der Waals surface area contributed by atoms with Gasteiger partial charge in [0, 0.05) is 12.6 Å². The second-order valence-electron chi connectivity index (χ2n) is 3.88. The van der Waals surface area contributed by atoms with Crippen molar-refractivity contribution < 1.29 is 0 Å². The van der Waals surface area contributed by atoms with Crippen LogP contribution in [0.2, 0.25) is 0 Å². The molecule has 17 heavy (non-hydrogen) atoms. The predicted molar refractivity (Wildman–Crippen MR) is 70.4 cm³/mol. The van der Waals surface area contributed by atoms with Crippen molar-refractivity contribution in [1.82, 2.24) is 9.55 Å². The zero-order valence-corrected chi connectivity index (χ0v) is 11.3. The van der Waals surface area contributed by atoms with Gasteiger partial charge in [-0.2, -0.15) is 5.26 Å². The quantitative estimate of drug-likeness (QED) is 0.852. The van der Waals surface area contributed by atoms with E-state index < -0.39 is 0 Å². The molecule has 2 rings (SSSR count). The topological polar surface area (TPSA) is 41.6 Å². The summed E-state index contributed by atoms with van der Waals surface area (Å²) in [6, 6.07) is 10.3. The van der Waals surface area contributed by atoms with Crippen LogP contribution in [0.4, 0.5) is 0 Å². The lowest BCUT2D eigenvalue weighted by Gasteiger charge is -2.06.